The topological polar surface area (TPSA) is 64.7 Å². The normalized spacial score (nSPS) is 12.0. The van der Waals surface area contributed by atoms with Gasteiger partial charge in [0.05, 0.1) is 24.2 Å². The fraction of sp³-hybridized carbons (Fsp3) is 0.250. The highest BCUT2D eigenvalue weighted by Gasteiger charge is 2.11. The summed E-state index contributed by atoms with van der Waals surface area (Å²) < 4.78 is 11.9. The molecule has 2 aromatic rings. The van der Waals surface area contributed by atoms with Gasteiger partial charge >= 0.3 is 0 Å². The van der Waals surface area contributed by atoms with Crippen LogP contribution in [0.3, 0.4) is 0 Å². The molecule has 0 saturated heterocycles. The number of methoxy groups -OCH3 is 1. The van der Waals surface area contributed by atoms with Gasteiger partial charge in [-0.15, -0.1) is 0 Å². The molecule has 0 aliphatic rings. The molecule has 0 aliphatic carbocycles. The number of nitrogens with two attached hydrogens (primary N) is 1. The molecule has 0 heterocycles. The second-order valence-electron chi connectivity index (χ2n) is 4.72. The highest BCUT2D eigenvalue weighted by atomic mass is 79.9. The van der Waals surface area contributed by atoms with E-state index in [0.29, 0.717) is 23.1 Å². The largest absolute Gasteiger partial charge is 0.496 e. The van der Waals surface area contributed by atoms with Crippen molar-refractivity contribution in [2.45, 2.75) is 12.6 Å². The van der Waals surface area contributed by atoms with Crippen LogP contribution >= 0.6 is 27.5 Å². The molecule has 0 spiro atoms. The summed E-state index contributed by atoms with van der Waals surface area (Å²) >= 11 is 9.32. The first-order valence-corrected chi connectivity index (χ1v) is 7.83. The molecule has 0 unspecified atom stereocenters. The predicted octanol–water partition coefficient (Wildman–Crippen LogP) is 3.68. The third-order valence-corrected chi connectivity index (χ3v) is 4.06. The maximum atomic E-state index is 9.17. The summed E-state index contributed by atoms with van der Waals surface area (Å²) in [5, 5.41) is 9.80. The molecule has 118 valence electrons. The van der Waals surface area contributed by atoms with E-state index < -0.39 is 6.04 Å². The minimum absolute atomic E-state index is 0.116. The SMILES string of the molecule is COc1ccc([C@@H](N)CO)cc1COc1ccc(Cl)cc1Br. The lowest BCUT2D eigenvalue weighted by molar-refractivity contribution is 0.267. The summed E-state index contributed by atoms with van der Waals surface area (Å²) in [5.74, 6) is 1.39. The summed E-state index contributed by atoms with van der Waals surface area (Å²) in [4.78, 5) is 0. The van der Waals surface area contributed by atoms with Crippen LogP contribution in [0.25, 0.3) is 0 Å². The third-order valence-electron chi connectivity index (χ3n) is 3.21. The Morgan fingerprint density at radius 1 is 1.23 bits per heavy atom. The lowest BCUT2D eigenvalue weighted by Gasteiger charge is -2.15. The van der Waals surface area contributed by atoms with Crippen molar-refractivity contribution >= 4 is 27.5 Å². The van der Waals surface area contributed by atoms with E-state index in [0.717, 1.165) is 15.6 Å². The average Bonchev–Trinajstić information content (AvgIpc) is 2.53. The first-order chi connectivity index (χ1) is 10.5. The van der Waals surface area contributed by atoms with Crippen LogP contribution in [-0.4, -0.2) is 18.8 Å². The fourth-order valence-corrected chi connectivity index (χ4v) is 2.79. The maximum Gasteiger partial charge on any atom is 0.134 e. The summed E-state index contributed by atoms with van der Waals surface area (Å²) in [5.41, 5.74) is 7.53. The van der Waals surface area contributed by atoms with Gasteiger partial charge in [0.1, 0.15) is 18.1 Å². The van der Waals surface area contributed by atoms with Crippen LogP contribution in [0.5, 0.6) is 11.5 Å². The molecule has 2 rings (SSSR count). The van der Waals surface area contributed by atoms with Crippen molar-refractivity contribution in [1.29, 1.82) is 0 Å². The van der Waals surface area contributed by atoms with Gasteiger partial charge in [-0.3, -0.25) is 0 Å². The van der Waals surface area contributed by atoms with Crippen molar-refractivity contribution < 1.29 is 14.6 Å². The molecule has 0 aromatic heterocycles. The van der Waals surface area contributed by atoms with Gasteiger partial charge in [0, 0.05) is 10.6 Å². The molecule has 0 bridgehead atoms. The molecule has 0 saturated carbocycles. The molecule has 0 amide bonds. The summed E-state index contributed by atoms with van der Waals surface area (Å²) in [7, 11) is 1.60. The van der Waals surface area contributed by atoms with Crippen molar-refractivity contribution in [3.8, 4) is 11.5 Å². The minimum atomic E-state index is -0.424. The first-order valence-electron chi connectivity index (χ1n) is 6.66. The Bertz CT molecular complexity index is 651. The molecule has 2 aromatic carbocycles. The van der Waals surface area contributed by atoms with E-state index in [1.165, 1.54) is 0 Å². The van der Waals surface area contributed by atoms with E-state index in [2.05, 4.69) is 15.9 Å². The smallest absolute Gasteiger partial charge is 0.134 e. The quantitative estimate of drug-likeness (QED) is 0.795. The number of rotatable bonds is 6. The van der Waals surface area contributed by atoms with Gasteiger partial charge in [0.15, 0.2) is 0 Å². The molecule has 0 radical (unpaired) electrons. The van der Waals surface area contributed by atoms with E-state index >= 15 is 0 Å². The molecule has 0 fully saturated rings. The number of hydrogen-bond acceptors (Lipinski definition) is 4. The summed E-state index contributed by atoms with van der Waals surface area (Å²) in [6.07, 6.45) is 0. The van der Waals surface area contributed by atoms with Gasteiger partial charge in [-0.2, -0.15) is 0 Å². The van der Waals surface area contributed by atoms with Crippen molar-refractivity contribution in [2.24, 2.45) is 5.73 Å². The Kier molecular flexibility index (Phi) is 6.08. The highest BCUT2D eigenvalue weighted by Crippen LogP contribution is 2.30. The van der Waals surface area contributed by atoms with Crippen LogP contribution in [0.2, 0.25) is 5.02 Å². The number of hydrogen-bond donors (Lipinski definition) is 2. The number of aliphatic hydroxyl groups excluding tert-OH is 1. The number of aliphatic hydroxyl groups is 1. The maximum absolute atomic E-state index is 9.17. The molecule has 4 nitrogen and oxygen atoms in total. The average molecular weight is 387 g/mol. The van der Waals surface area contributed by atoms with E-state index in [-0.39, 0.29) is 6.61 Å². The lowest BCUT2D eigenvalue weighted by Crippen LogP contribution is -2.15. The van der Waals surface area contributed by atoms with E-state index in [4.69, 9.17) is 31.9 Å². The zero-order valence-electron chi connectivity index (χ0n) is 12.1. The van der Waals surface area contributed by atoms with Crippen LogP contribution in [0, 0.1) is 0 Å². The van der Waals surface area contributed by atoms with Crippen molar-refractivity contribution in [3.63, 3.8) is 0 Å². The molecule has 0 aliphatic heterocycles. The zero-order valence-corrected chi connectivity index (χ0v) is 14.4. The van der Waals surface area contributed by atoms with Gasteiger partial charge in [0.25, 0.3) is 0 Å². The molecular weight excluding hydrogens is 370 g/mol. The van der Waals surface area contributed by atoms with Gasteiger partial charge in [-0.1, -0.05) is 17.7 Å². The Morgan fingerprint density at radius 2 is 1.95 bits per heavy atom. The van der Waals surface area contributed by atoms with E-state index in [1.807, 2.05) is 18.2 Å². The Labute approximate surface area is 142 Å². The zero-order chi connectivity index (χ0) is 16.1. The molecular formula is C16H17BrClNO3. The standard InChI is InChI=1S/C16H17BrClNO3/c1-21-15-4-2-10(14(19)8-20)6-11(15)9-22-16-5-3-12(18)7-13(16)17/h2-7,14,20H,8-9,19H2,1H3/t14-/m0/s1. The first kappa shape index (κ1) is 17.1. The van der Waals surface area contributed by atoms with Crippen LogP contribution in [0.15, 0.2) is 40.9 Å². The fourth-order valence-electron chi connectivity index (χ4n) is 2.00. The Hall–Kier alpha value is -1.27. The van der Waals surface area contributed by atoms with Crippen molar-refractivity contribution in [1.82, 2.24) is 0 Å². The Balaban J connectivity index is 2.20. The molecule has 1 atom stereocenters. The van der Waals surface area contributed by atoms with Crippen LogP contribution in [0.1, 0.15) is 17.2 Å². The monoisotopic (exact) mass is 385 g/mol. The van der Waals surface area contributed by atoms with Crippen molar-refractivity contribution in [3.05, 3.63) is 57.0 Å². The molecule has 3 N–H and O–H groups in total. The number of halogens is 2. The summed E-state index contributed by atoms with van der Waals surface area (Å²) in [6.45, 7) is 0.199. The second-order valence-corrected chi connectivity index (χ2v) is 6.01. The van der Waals surface area contributed by atoms with Gasteiger partial charge in [-0.05, 0) is 51.8 Å². The van der Waals surface area contributed by atoms with Gasteiger partial charge in [-0.25, -0.2) is 0 Å². The molecule has 22 heavy (non-hydrogen) atoms. The highest BCUT2D eigenvalue weighted by molar-refractivity contribution is 9.10. The lowest BCUT2D eigenvalue weighted by atomic mass is 10.0. The van der Waals surface area contributed by atoms with Gasteiger partial charge < -0.3 is 20.3 Å². The van der Waals surface area contributed by atoms with Crippen LogP contribution < -0.4 is 15.2 Å². The Morgan fingerprint density at radius 3 is 2.59 bits per heavy atom. The molecule has 6 heteroatoms. The van der Waals surface area contributed by atoms with Crippen LogP contribution in [-0.2, 0) is 6.61 Å². The van der Waals surface area contributed by atoms with Crippen molar-refractivity contribution in [2.75, 3.05) is 13.7 Å². The third kappa shape index (κ3) is 4.14. The minimum Gasteiger partial charge on any atom is -0.496 e. The van der Waals surface area contributed by atoms with E-state index in [1.54, 1.807) is 25.3 Å². The number of benzene rings is 2. The second kappa shape index (κ2) is 7.83. The summed E-state index contributed by atoms with van der Waals surface area (Å²) in [6, 6.07) is 10.4. The van der Waals surface area contributed by atoms with Crippen LogP contribution in [0.4, 0.5) is 0 Å². The number of ether oxygens (including phenoxy) is 2. The van der Waals surface area contributed by atoms with Gasteiger partial charge in [0.2, 0.25) is 0 Å². The van der Waals surface area contributed by atoms with E-state index in [9.17, 15) is 0 Å². The predicted molar refractivity (Wildman–Crippen MR) is 90.5 cm³/mol.